The van der Waals surface area contributed by atoms with Crippen LogP contribution in [0.1, 0.15) is 24.5 Å². The fraction of sp³-hybridized carbons (Fsp3) is 0.462. The van der Waals surface area contributed by atoms with E-state index in [1.165, 1.54) is 6.07 Å². The third-order valence-electron chi connectivity index (χ3n) is 2.61. The van der Waals surface area contributed by atoms with Crippen LogP contribution in [0.25, 0.3) is 0 Å². The number of hydrogen-bond acceptors (Lipinski definition) is 3. The summed E-state index contributed by atoms with van der Waals surface area (Å²) in [6.07, 6.45) is 0.958. The largest absolute Gasteiger partial charge is 0.383 e. The van der Waals surface area contributed by atoms with E-state index < -0.39 is 5.82 Å². The molecule has 0 spiro atoms. The van der Waals surface area contributed by atoms with Crippen molar-refractivity contribution in [3.63, 3.8) is 0 Å². The quantitative estimate of drug-likeness (QED) is 0.823. The average molecular weight is 236 g/mol. The number of nitrogens with zero attached hydrogens (tertiary/aromatic N) is 1. The number of halogens is 1. The summed E-state index contributed by atoms with van der Waals surface area (Å²) in [6.45, 7) is 3.32. The third-order valence-corrected chi connectivity index (χ3v) is 2.61. The van der Waals surface area contributed by atoms with Crippen LogP contribution in [0.5, 0.6) is 0 Å². The van der Waals surface area contributed by atoms with E-state index in [1.807, 2.05) is 6.07 Å². The summed E-state index contributed by atoms with van der Waals surface area (Å²) in [5.41, 5.74) is 0.988. The summed E-state index contributed by atoms with van der Waals surface area (Å²) in [5.74, 6) is -0.472. The topological polar surface area (TPSA) is 45.0 Å². The Morgan fingerprint density at radius 2 is 2.29 bits per heavy atom. The molecule has 4 heteroatoms. The first kappa shape index (κ1) is 13.6. The van der Waals surface area contributed by atoms with E-state index in [2.05, 4.69) is 12.2 Å². The van der Waals surface area contributed by atoms with Crippen molar-refractivity contribution < 1.29 is 9.13 Å². The zero-order chi connectivity index (χ0) is 12.7. The van der Waals surface area contributed by atoms with Gasteiger partial charge in [0, 0.05) is 19.7 Å². The molecular formula is C13H17FN2O. The second kappa shape index (κ2) is 7.00. The number of nitriles is 1. The first-order valence-electron chi connectivity index (χ1n) is 5.62. The van der Waals surface area contributed by atoms with Crippen LogP contribution in [-0.4, -0.2) is 19.8 Å². The number of hydrogen-bond donors (Lipinski definition) is 1. The Hall–Kier alpha value is -1.44. The van der Waals surface area contributed by atoms with Crippen LogP contribution in [0.15, 0.2) is 18.2 Å². The molecule has 0 aromatic heterocycles. The molecule has 0 bridgehead atoms. The number of ether oxygens (including phenoxy) is 1. The highest BCUT2D eigenvalue weighted by atomic mass is 19.1. The van der Waals surface area contributed by atoms with E-state index >= 15 is 0 Å². The predicted molar refractivity (Wildman–Crippen MR) is 63.9 cm³/mol. The van der Waals surface area contributed by atoms with Crippen LogP contribution in [0.4, 0.5) is 4.39 Å². The summed E-state index contributed by atoms with van der Waals surface area (Å²) in [4.78, 5) is 0. The number of rotatable bonds is 6. The lowest BCUT2D eigenvalue weighted by molar-refractivity contribution is 0.164. The van der Waals surface area contributed by atoms with Gasteiger partial charge in [-0.3, -0.25) is 0 Å². The van der Waals surface area contributed by atoms with Crippen molar-refractivity contribution in [2.45, 2.75) is 25.9 Å². The fourth-order valence-corrected chi connectivity index (χ4v) is 1.55. The minimum absolute atomic E-state index is 0.0871. The molecule has 1 aromatic rings. The van der Waals surface area contributed by atoms with Crippen LogP contribution < -0.4 is 5.32 Å². The van der Waals surface area contributed by atoms with Crippen molar-refractivity contribution in [2.75, 3.05) is 13.7 Å². The van der Waals surface area contributed by atoms with E-state index in [-0.39, 0.29) is 11.6 Å². The number of methoxy groups -OCH3 is 1. The molecule has 0 fully saturated rings. The normalized spacial score (nSPS) is 12.1. The van der Waals surface area contributed by atoms with Gasteiger partial charge in [0.05, 0.1) is 12.2 Å². The standard InChI is InChI=1S/C13H17FN2O/c1-3-12(9-17-2)16-8-10-4-5-13(14)11(6-10)7-15/h4-6,12,16H,3,8-9H2,1-2H3. The van der Waals surface area contributed by atoms with Gasteiger partial charge in [0.15, 0.2) is 0 Å². The fourth-order valence-electron chi connectivity index (χ4n) is 1.55. The first-order chi connectivity index (χ1) is 8.21. The van der Waals surface area contributed by atoms with E-state index in [1.54, 1.807) is 19.2 Å². The molecule has 0 saturated carbocycles. The summed E-state index contributed by atoms with van der Waals surface area (Å²) in [7, 11) is 1.66. The lowest BCUT2D eigenvalue weighted by Gasteiger charge is -2.15. The minimum atomic E-state index is -0.472. The Morgan fingerprint density at radius 3 is 2.88 bits per heavy atom. The SMILES string of the molecule is CCC(COC)NCc1ccc(F)c(C#N)c1. The van der Waals surface area contributed by atoms with Crippen molar-refractivity contribution >= 4 is 0 Å². The van der Waals surface area contributed by atoms with Gasteiger partial charge in [0.25, 0.3) is 0 Å². The molecule has 0 amide bonds. The van der Waals surface area contributed by atoms with Crippen molar-refractivity contribution in [1.82, 2.24) is 5.32 Å². The molecule has 0 aliphatic rings. The molecule has 17 heavy (non-hydrogen) atoms. The molecule has 1 N–H and O–H groups in total. The van der Waals surface area contributed by atoms with Gasteiger partial charge in [-0.25, -0.2) is 4.39 Å². The molecule has 92 valence electrons. The Kier molecular flexibility index (Phi) is 5.61. The van der Waals surface area contributed by atoms with Crippen LogP contribution in [0.3, 0.4) is 0 Å². The smallest absolute Gasteiger partial charge is 0.140 e. The summed E-state index contributed by atoms with van der Waals surface area (Å²) >= 11 is 0. The summed E-state index contributed by atoms with van der Waals surface area (Å²) in [5, 5.41) is 12.0. The van der Waals surface area contributed by atoms with Crippen LogP contribution in [-0.2, 0) is 11.3 Å². The molecule has 1 rings (SSSR count). The van der Waals surface area contributed by atoms with Gasteiger partial charge in [-0.2, -0.15) is 5.26 Å². The lowest BCUT2D eigenvalue weighted by Crippen LogP contribution is -2.32. The van der Waals surface area contributed by atoms with E-state index in [0.717, 1.165) is 12.0 Å². The number of benzene rings is 1. The highest BCUT2D eigenvalue weighted by Gasteiger charge is 2.06. The highest BCUT2D eigenvalue weighted by Crippen LogP contribution is 2.09. The summed E-state index contributed by atoms with van der Waals surface area (Å²) in [6, 6.07) is 6.69. The van der Waals surface area contributed by atoms with Gasteiger partial charge in [-0.1, -0.05) is 13.0 Å². The van der Waals surface area contributed by atoms with E-state index in [4.69, 9.17) is 10.00 Å². The molecule has 3 nitrogen and oxygen atoms in total. The predicted octanol–water partition coefficient (Wildman–Crippen LogP) is 2.21. The van der Waals surface area contributed by atoms with Gasteiger partial charge in [-0.05, 0) is 24.1 Å². The van der Waals surface area contributed by atoms with Gasteiger partial charge < -0.3 is 10.1 Å². The zero-order valence-electron chi connectivity index (χ0n) is 10.2. The van der Waals surface area contributed by atoms with Gasteiger partial charge in [-0.15, -0.1) is 0 Å². The zero-order valence-corrected chi connectivity index (χ0v) is 10.2. The molecule has 0 heterocycles. The monoisotopic (exact) mass is 236 g/mol. The van der Waals surface area contributed by atoms with Gasteiger partial charge >= 0.3 is 0 Å². The third kappa shape index (κ3) is 4.14. The van der Waals surface area contributed by atoms with Crippen LogP contribution in [0.2, 0.25) is 0 Å². The lowest BCUT2D eigenvalue weighted by atomic mass is 10.1. The van der Waals surface area contributed by atoms with E-state index in [9.17, 15) is 4.39 Å². The Labute approximate surface area is 101 Å². The van der Waals surface area contributed by atoms with Gasteiger partial charge in [0.1, 0.15) is 11.9 Å². The molecule has 0 saturated heterocycles. The van der Waals surface area contributed by atoms with Crippen LogP contribution >= 0.6 is 0 Å². The second-order valence-electron chi connectivity index (χ2n) is 3.87. The average Bonchev–Trinajstić information content (AvgIpc) is 2.36. The molecule has 1 atom stereocenters. The van der Waals surface area contributed by atoms with Crippen LogP contribution in [0, 0.1) is 17.1 Å². The minimum Gasteiger partial charge on any atom is -0.383 e. The first-order valence-corrected chi connectivity index (χ1v) is 5.62. The van der Waals surface area contributed by atoms with Crippen molar-refractivity contribution in [2.24, 2.45) is 0 Å². The number of nitrogens with one attached hydrogen (secondary N) is 1. The Morgan fingerprint density at radius 1 is 1.53 bits per heavy atom. The van der Waals surface area contributed by atoms with Crippen molar-refractivity contribution in [3.8, 4) is 6.07 Å². The maximum atomic E-state index is 13.1. The Bertz CT molecular complexity index is 401. The molecule has 0 aliphatic carbocycles. The van der Waals surface area contributed by atoms with Crippen molar-refractivity contribution in [3.05, 3.63) is 35.1 Å². The maximum Gasteiger partial charge on any atom is 0.140 e. The second-order valence-corrected chi connectivity index (χ2v) is 3.87. The van der Waals surface area contributed by atoms with Crippen molar-refractivity contribution in [1.29, 1.82) is 5.26 Å². The highest BCUT2D eigenvalue weighted by molar-refractivity contribution is 5.34. The maximum absolute atomic E-state index is 13.1. The van der Waals surface area contributed by atoms with Gasteiger partial charge in [0.2, 0.25) is 0 Å². The Balaban J connectivity index is 2.60. The molecular weight excluding hydrogens is 219 g/mol. The molecule has 1 unspecified atom stereocenters. The summed E-state index contributed by atoms with van der Waals surface area (Å²) < 4.78 is 18.2. The molecule has 0 aliphatic heterocycles. The molecule has 1 aromatic carbocycles. The molecule has 0 radical (unpaired) electrons. The van der Waals surface area contributed by atoms with E-state index in [0.29, 0.717) is 13.2 Å².